The van der Waals surface area contributed by atoms with Crippen LogP contribution in [0.25, 0.3) is 0 Å². The summed E-state index contributed by atoms with van der Waals surface area (Å²) in [4.78, 5) is 26.9. The average Bonchev–Trinajstić information content (AvgIpc) is 2.70. The number of carbonyl (C=O) groups excluding carboxylic acids is 2. The summed E-state index contributed by atoms with van der Waals surface area (Å²) in [6.45, 7) is 6.32. The van der Waals surface area contributed by atoms with Crippen LogP contribution < -0.4 is 10.1 Å². The van der Waals surface area contributed by atoms with Gasteiger partial charge in [-0.15, -0.1) is 0 Å². The molecule has 0 fully saturated rings. The van der Waals surface area contributed by atoms with E-state index in [0.717, 1.165) is 17.5 Å². The molecule has 0 aliphatic heterocycles. The number of rotatable bonds is 9. The lowest BCUT2D eigenvalue weighted by molar-refractivity contribution is -0.142. The predicted molar refractivity (Wildman–Crippen MR) is 116 cm³/mol. The van der Waals surface area contributed by atoms with Crippen LogP contribution in [-0.2, 0) is 16.1 Å². The zero-order valence-corrected chi connectivity index (χ0v) is 18.4. The van der Waals surface area contributed by atoms with Crippen molar-refractivity contribution in [3.8, 4) is 5.75 Å². The number of amides is 2. The summed E-state index contributed by atoms with van der Waals surface area (Å²) < 4.78 is 5.59. The topological polar surface area (TPSA) is 58.6 Å². The minimum Gasteiger partial charge on any atom is -0.482 e. The maximum atomic E-state index is 12.9. The van der Waals surface area contributed by atoms with Crippen LogP contribution in [0.4, 0.5) is 0 Å². The molecule has 5 nitrogen and oxygen atoms in total. The molecule has 0 aromatic heterocycles. The molecule has 0 unspecified atom stereocenters. The van der Waals surface area contributed by atoms with E-state index in [0.29, 0.717) is 28.9 Å². The standard InChI is InChI=1S/C22H26Cl2N2O3/c1-4-11-25-22(28)16(3)26(13-17-7-5-15(2)6-8-17)21(27)14-29-20-10-9-18(23)12-19(20)24/h5-10,12,16H,4,11,13-14H2,1-3H3,(H,25,28)/t16-/m1/s1. The molecule has 2 amide bonds. The number of benzene rings is 2. The van der Waals surface area contributed by atoms with Crippen LogP contribution >= 0.6 is 23.2 Å². The van der Waals surface area contributed by atoms with Gasteiger partial charge in [0.05, 0.1) is 5.02 Å². The fourth-order valence-corrected chi connectivity index (χ4v) is 3.15. The number of hydrogen-bond donors (Lipinski definition) is 1. The van der Waals surface area contributed by atoms with Crippen LogP contribution in [-0.4, -0.2) is 35.9 Å². The van der Waals surface area contributed by atoms with Crippen LogP contribution in [0.2, 0.25) is 10.0 Å². The van der Waals surface area contributed by atoms with Crippen molar-refractivity contribution >= 4 is 35.0 Å². The van der Waals surface area contributed by atoms with E-state index in [-0.39, 0.29) is 18.4 Å². The van der Waals surface area contributed by atoms with Gasteiger partial charge in [-0.2, -0.15) is 0 Å². The van der Waals surface area contributed by atoms with E-state index in [1.54, 1.807) is 25.1 Å². The van der Waals surface area contributed by atoms with E-state index < -0.39 is 6.04 Å². The Balaban J connectivity index is 2.14. The molecule has 0 bridgehead atoms. The number of ether oxygens (including phenoxy) is 1. The van der Waals surface area contributed by atoms with Gasteiger partial charge in [-0.3, -0.25) is 9.59 Å². The Morgan fingerprint density at radius 2 is 1.83 bits per heavy atom. The number of aryl methyl sites for hydroxylation is 1. The van der Waals surface area contributed by atoms with Gasteiger partial charge >= 0.3 is 0 Å². The van der Waals surface area contributed by atoms with Crippen molar-refractivity contribution in [1.82, 2.24) is 10.2 Å². The maximum Gasteiger partial charge on any atom is 0.261 e. The van der Waals surface area contributed by atoms with Crippen molar-refractivity contribution < 1.29 is 14.3 Å². The number of nitrogens with zero attached hydrogens (tertiary/aromatic N) is 1. The minimum absolute atomic E-state index is 0.197. The quantitative estimate of drug-likeness (QED) is 0.623. The number of carbonyl (C=O) groups is 2. The summed E-state index contributed by atoms with van der Waals surface area (Å²) in [6, 6.07) is 12.0. The highest BCUT2D eigenvalue weighted by molar-refractivity contribution is 6.35. The van der Waals surface area contributed by atoms with E-state index in [9.17, 15) is 9.59 Å². The highest BCUT2D eigenvalue weighted by Crippen LogP contribution is 2.27. The molecule has 1 atom stereocenters. The van der Waals surface area contributed by atoms with E-state index in [1.807, 2.05) is 38.1 Å². The second kappa shape index (κ2) is 11.1. The maximum absolute atomic E-state index is 12.9. The third-order valence-corrected chi connectivity index (χ3v) is 4.97. The first-order valence-electron chi connectivity index (χ1n) is 9.52. The Labute approximate surface area is 181 Å². The summed E-state index contributed by atoms with van der Waals surface area (Å²) in [6.07, 6.45) is 0.822. The molecular formula is C22H26Cl2N2O3. The first-order valence-corrected chi connectivity index (χ1v) is 10.3. The van der Waals surface area contributed by atoms with Crippen LogP contribution in [0.3, 0.4) is 0 Å². The molecule has 0 aliphatic carbocycles. The molecule has 156 valence electrons. The monoisotopic (exact) mass is 436 g/mol. The second-order valence-electron chi connectivity index (χ2n) is 6.84. The third-order valence-electron chi connectivity index (χ3n) is 4.44. The Bertz CT molecular complexity index is 840. The summed E-state index contributed by atoms with van der Waals surface area (Å²) in [5.74, 6) is -0.143. The van der Waals surface area contributed by atoms with E-state index in [1.165, 1.54) is 4.90 Å². The molecule has 0 saturated carbocycles. The zero-order valence-electron chi connectivity index (χ0n) is 16.9. The van der Waals surface area contributed by atoms with Crippen molar-refractivity contribution in [2.24, 2.45) is 0 Å². The minimum atomic E-state index is -0.639. The summed E-state index contributed by atoms with van der Waals surface area (Å²) in [5, 5.41) is 3.65. The SMILES string of the molecule is CCCNC(=O)[C@@H](C)N(Cc1ccc(C)cc1)C(=O)COc1ccc(Cl)cc1Cl. The molecule has 7 heteroatoms. The molecular weight excluding hydrogens is 411 g/mol. The lowest BCUT2D eigenvalue weighted by atomic mass is 10.1. The Hall–Kier alpha value is -2.24. The van der Waals surface area contributed by atoms with Crippen molar-refractivity contribution in [3.63, 3.8) is 0 Å². The van der Waals surface area contributed by atoms with Gasteiger partial charge in [-0.25, -0.2) is 0 Å². The zero-order chi connectivity index (χ0) is 21.4. The van der Waals surface area contributed by atoms with Crippen LogP contribution in [0.5, 0.6) is 5.75 Å². The normalized spacial score (nSPS) is 11.6. The third kappa shape index (κ3) is 6.94. The molecule has 2 rings (SSSR count). The average molecular weight is 437 g/mol. The van der Waals surface area contributed by atoms with Gasteiger partial charge in [-0.05, 0) is 44.0 Å². The fraction of sp³-hybridized carbons (Fsp3) is 0.364. The summed E-state index contributed by atoms with van der Waals surface area (Å²) >= 11 is 12.0. The van der Waals surface area contributed by atoms with Gasteiger partial charge in [0.15, 0.2) is 6.61 Å². The Morgan fingerprint density at radius 3 is 2.45 bits per heavy atom. The fourth-order valence-electron chi connectivity index (χ4n) is 2.68. The lowest BCUT2D eigenvalue weighted by Crippen LogP contribution is -2.49. The molecule has 29 heavy (non-hydrogen) atoms. The molecule has 2 aromatic rings. The molecule has 0 heterocycles. The van der Waals surface area contributed by atoms with Gasteiger partial charge in [0, 0.05) is 18.1 Å². The van der Waals surface area contributed by atoms with Crippen LogP contribution in [0.1, 0.15) is 31.4 Å². The molecule has 0 saturated heterocycles. The molecule has 0 aliphatic rings. The molecule has 1 N–H and O–H groups in total. The molecule has 0 radical (unpaired) electrons. The number of hydrogen-bond acceptors (Lipinski definition) is 3. The Morgan fingerprint density at radius 1 is 1.14 bits per heavy atom. The van der Waals surface area contributed by atoms with Crippen molar-refractivity contribution in [2.45, 2.75) is 39.8 Å². The first kappa shape index (κ1) is 23.0. The van der Waals surface area contributed by atoms with Crippen molar-refractivity contribution in [2.75, 3.05) is 13.2 Å². The van der Waals surface area contributed by atoms with Gasteiger partial charge in [0.2, 0.25) is 5.91 Å². The van der Waals surface area contributed by atoms with E-state index in [4.69, 9.17) is 27.9 Å². The van der Waals surface area contributed by atoms with Gasteiger partial charge < -0.3 is 15.0 Å². The summed E-state index contributed by atoms with van der Waals surface area (Å²) in [5.41, 5.74) is 2.06. The van der Waals surface area contributed by atoms with Crippen molar-refractivity contribution in [3.05, 3.63) is 63.6 Å². The van der Waals surface area contributed by atoms with E-state index in [2.05, 4.69) is 5.32 Å². The lowest BCUT2D eigenvalue weighted by Gasteiger charge is -2.28. The largest absolute Gasteiger partial charge is 0.482 e. The smallest absolute Gasteiger partial charge is 0.261 e. The van der Waals surface area contributed by atoms with Gasteiger partial charge in [0.1, 0.15) is 11.8 Å². The Kier molecular flexibility index (Phi) is 8.80. The van der Waals surface area contributed by atoms with E-state index >= 15 is 0 Å². The second-order valence-corrected chi connectivity index (χ2v) is 7.68. The van der Waals surface area contributed by atoms with Crippen molar-refractivity contribution in [1.29, 1.82) is 0 Å². The summed E-state index contributed by atoms with van der Waals surface area (Å²) in [7, 11) is 0. The molecule has 2 aromatic carbocycles. The highest BCUT2D eigenvalue weighted by atomic mass is 35.5. The number of halogens is 2. The first-order chi connectivity index (χ1) is 13.8. The van der Waals surface area contributed by atoms with Crippen LogP contribution in [0.15, 0.2) is 42.5 Å². The predicted octanol–water partition coefficient (Wildman–Crippen LogP) is 4.62. The number of nitrogens with one attached hydrogen (secondary N) is 1. The molecule has 0 spiro atoms. The van der Waals surface area contributed by atoms with Gasteiger partial charge in [-0.1, -0.05) is 60.0 Å². The highest BCUT2D eigenvalue weighted by Gasteiger charge is 2.26. The van der Waals surface area contributed by atoms with Gasteiger partial charge in [0.25, 0.3) is 5.91 Å². The van der Waals surface area contributed by atoms with Crippen LogP contribution in [0, 0.1) is 6.92 Å².